The van der Waals surface area contributed by atoms with E-state index in [2.05, 4.69) is 12.1 Å². The molecule has 0 heterocycles. The van der Waals surface area contributed by atoms with Gasteiger partial charge in [0.15, 0.2) is 0 Å². The number of hydrogen-bond donors (Lipinski definition) is 0. The molecule has 0 radical (unpaired) electrons. The van der Waals surface area contributed by atoms with Gasteiger partial charge in [0, 0.05) is 6.42 Å². The highest BCUT2D eigenvalue weighted by Gasteiger charge is 2.00. The summed E-state index contributed by atoms with van der Waals surface area (Å²) in [7, 11) is 0. The van der Waals surface area contributed by atoms with Gasteiger partial charge in [-0.25, -0.2) is 0 Å². The van der Waals surface area contributed by atoms with E-state index in [1.54, 1.807) is 0 Å². The monoisotopic (exact) mass is 302 g/mol. The first-order valence-electron chi connectivity index (χ1n) is 7.64. The van der Waals surface area contributed by atoms with Crippen LogP contribution in [0.5, 0.6) is 5.75 Å². The topological polar surface area (TPSA) is 44.8 Å². The number of carbonyl (C=O) groups excluding carboxylic acids is 1. The van der Waals surface area contributed by atoms with E-state index in [9.17, 15) is 4.79 Å². The molecule has 0 amide bonds. The first-order chi connectivity index (χ1) is 10.8. The van der Waals surface area contributed by atoms with Gasteiger partial charge in [-0.3, -0.25) is 4.79 Å². The molecule has 0 saturated heterocycles. The fraction of sp³-hybridized carbons (Fsp3) is 0.389. The Balaban J connectivity index is 1.61. The van der Waals surface area contributed by atoms with Crippen LogP contribution in [0.3, 0.4) is 0 Å². The molecule has 4 nitrogen and oxygen atoms in total. The molecule has 0 aromatic heterocycles. The lowest BCUT2D eigenvalue weighted by molar-refractivity contribution is -0.145. The Morgan fingerprint density at radius 1 is 0.955 bits per heavy atom. The van der Waals surface area contributed by atoms with E-state index in [4.69, 9.17) is 14.2 Å². The molecule has 0 aliphatic heterocycles. The SMILES string of the molecule is CCCC(=O)OCCOCCOc1ccc2ccccc2c1. The molecule has 22 heavy (non-hydrogen) atoms. The summed E-state index contributed by atoms with van der Waals surface area (Å²) < 4.78 is 16.0. The van der Waals surface area contributed by atoms with Crippen LogP contribution >= 0.6 is 0 Å². The molecule has 2 rings (SSSR count). The third-order valence-corrected chi connectivity index (χ3v) is 3.16. The van der Waals surface area contributed by atoms with E-state index >= 15 is 0 Å². The lowest BCUT2D eigenvalue weighted by Crippen LogP contribution is -2.13. The third-order valence-electron chi connectivity index (χ3n) is 3.16. The standard InChI is InChI=1S/C18H22O4/c1-2-5-18(19)22-13-11-20-10-12-21-17-9-8-15-6-3-4-7-16(15)14-17/h3-4,6-9,14H,2,5,10-13H2,1H3. The summed E-state index contributed by atoms with van der Waals surface area (Å²) in [5.74, 6) is 0.662. The van der Waals surface area contributed by atoms with Crippen molar-refractivity contribution in [2.45, 2.75) is 19.8 Å². The van der Waals surface area contributed by atoms with Gasteiger partial charge in [0.1, 0.15) is 19.0 Å². The van der Waals surface area contributed by atoms with Crippen LogP contribution in [0.2, 0.25) is 0 Å². The first kappa shape index (κ1) is 16.3. The van der Waals surface area contributed by atoms with Crippen molar-refractivity contribution in [3.05, 3.63) is 42.5 Å². The number of ether oxygens (including phenoxy) is 3. The highest BCUT2D eigenvalue weighted by molar-refractivity contribution is 5.83. The minimum absolute atomic E-state index is 0.168. The van der Waals surface area contributed by atoms with E-state index in [0.717, 1.165) is 17.6 Å². The maximum Gasteiger partial charge on any atom is 0.305 e. The van der Waals surface area contributed by atoms with Gasteiger partial charge in [-0.1, -0.05) is 37.3 Å². The summed E-state index contributed by atoms with van der Waals surface area (Å²) in [5.41, 5.74) is 0. The Hall–Kier alpha value is -2.07. The maximum atomic E-state index is 11.1. The molecular weight excluding hydrogens is 280 g/mol. The number of esters is 1. The highest BCUT2D eigenvalue weighted by Crippen LogP contribution is 2.20. The summed E-state index contributed by atoms with van der Waals surface area (Å²) in [6, 6.07) is 14.2. The van der Waals surface area contributed by atoms with Gasteiger partial charge in [-0.2, -0.15) is 0 Å². The molecule has 2 aromatic carbocycles. The lowest BCUT2D eigenvalue weighted by atomic mass is 10.1. The van der Waals surface area contributed by atoms with Crippen molar-refractivity contribution in [3.63, 3.8) is 0 Å². The Morgan fingerprint density at radius 3 is 2.55 bits per heavy atom. The average molecular weight is 302 g/mol. The van der Waals surface area contributed by atoms with Gasteiger partial charge in [0.25, 0.3) is 0 Å². The normalized spacial score (nSPS) is 10.6. The Morgan fingerprint density at radius 2 is 1.73 bits per heavy atom. The molecule has 0 atom stereocenters. The average Bonchev–Trinajstić information content (AvgIpc) is 2.54. The fourth-order valence-corrected chi connectivity index (χ4v) is 2.07. The Bertz CT molecular complexity index is 594. The molecule has 2 aromatic rings. The zero-order chi connectivity index (χ0) is 15.6. The quantitative estimate of drug-likeness (QED) is 0.524. The van der Waals surface area contributed by atoms with Crippen molar-refractivity contribution in [2.75, 3.05) is 26.4 Å². The molecule has 0 unspecified atom stereocenters. The molecule has 0 N–H and O–H groups in total. The van der Waals surface area contributed by atoms with Crippen LogP contribution in [-0.2, 0) is 14.3 Å². The van der Waals surface area contributed by atoms with E-state index in [-0.39, 0.29) is 5.97 Å². The van der Waals surface area contributed by atoms with E-state index in [0.29, 0.717) is 32.8 Å². The largest absolute Gasteiger partial charge is 0.491 e. The van der Waals surface area contributed by atoms with Crippen LogP contribution in [0.4, 0.5) is 0 Å². The Kier molecular flexibility index (Phi) is 6.71. The predicted molar refractivity (Wildman–Crippen MR) is 86.1 cm³/mol. The van der Waals surface area contributed by atoms with Crippen molar-refractivity contribution >= 4 is 16.7 Å². The lowest BCUT2D eigenvalue weighted by Gasteiger charge is -2.08. The molecule has 0 aliphatic carbocycles. The van der Waals surface area contributed by atoms with Gasteiger partial charge >= 0.3 is 5.97 Å². The number of rotatable bonds is 9. The summed E-state index contributed by atoms with van der Waals surface area (Å²) in [6.45, 7) is 3.59. The van der Waals surface area contributed by atoms with E-state index in [1.807, 2.05) is 37.3 Å². The van der Waals surface area contributed by atoms with Crippen molar-refractivity contribution < 1.29 is 19.0 Å². The van der Waals surface area contributed by atoms with E-state index in [1.165, 1.54) is 5.39 Å². The minimum atomic E-state index is -0.168. The molecule has 0 aliphatic rings. The first-order valence-corrected chi connectivity index (χ1v) is 7.64. The summed E-state index contributed by atoms with van der Waals surface area (Å²) in [5, 5.41) is 2.35. The summed E-state index contributed by atoms with van der Waals surface area (Å²) >= 11 is 0. The van der Waals surface area contributed by atoms with Crippen LogP contribution in [0.15, 0.2) is 42.5 Å². The van der Waals surface area contributed by atoms with Crippen molar-refractivity contribution in [1.29, 1.82) is 0 Å². The van der Waals surface area contributed by atoms with Crippen LogP contribution in [-0.4, -0.2) is 32.4 Å². The number of carbonyl (C=O) groups is 1. The second kappa shape index (κ2) is 9.05. The van der Waals surface area contributed by atoms with Gasteiger partial charge in [0.05, 0.1) is 13.2 Å². The number of hydrogen-bond acceptors (Lipinski definition) is 4. The number of fused-ring (bicyclic) bond motifs is 1. The summed E-state index contributed by atoms with van der Waals surface area (Å²) in [4.78, 5) is 11.1. The second-order valence-corrected chi connectivity index (χ2v) is 4.94. The Labute approximate surface area is 131 Å². The summed E-state index contributed by atoms with van der Waals surface area (Å²) in [6.07, 6.45) is 1.27. The van der Waals surface area contributed by atoms with Gasteiger partial charge < -0.3 is 14.2 Å². The van der Waals surface area contributed by atoms with Crippen molar-refractivity contribution in [1.82, 2.24) is 0 Å². The van der Waals surface area contributed by atoms with Crippen LogP contribution < -0.4 is 4.74 Å². The molecule has 0 saturated carbocycles. The van der Waals surface area contributed by atoms with Crippen LogP contribution in [0.25, 0.3) is 10.8 Å². The predicted octanol–water partition coefficient (Wildman–Crippen LogP) is 3.58. The zero-order valence-electron chi connectivity index (χ0n) is 12.9. The molecular formula is C18H22O4. The van der Waals surface area contributed by atoms with Crippen LogP contribution in [0.1, 0.15) is 19.8 Å². The molecule has 0 fully saturated rings. The molecule has 0 bridgehead atoms. The third kappa shape index (κ3) is 5.37. The molecule has 4 heteroatoms. The number of benzene rings is 2. The van der Waals surface area contributed by atoms with Crippen LogP contribution in [0, 0.1) is 0 Å². The van der Waals surface area contributed by atoms with Crippen molar-refractivity contribution in [3.8, 4) is 5.75 Å². The molecule has 118 valence electrons. The van der Waals surface area contributed by atoms with Gasteiger partial charge in [-0.05, 0) is 29.3 Å². The molecule has 0 spiro atoms. The highest BCUT2D eigenvalue weighted by atomic mass is 16.6. The maximum absolute atomic E-state index is 11.1. The minimum Gasteiger partial charge on any atom is -0.491 e. The smallest absolute Gasteiger partial charge is 0.305 e. The fourth-order valence-electron chi connectivity index (χ4n) is 2.07. The van der Waals surface area contributed by atoms with Gasteiger partial charge in [0.2, 0.25) is 0 Å². The van der Waals surface area contributed by atoms with Gasteiger partial charge in [-0.15, -0.1) is 0 Å². The zero-order valence-corrected chi connectivity index (χ0v) is 12.9. The second-order valence-electron chi connectivity index (χ2n) is 4.94. The van der Waals surface area contributed by atoms with E-state index < -0.39 is 0 Å². The van der Waals surface area contributed by atoms with Crippen molar-refractivity contribution in [2.24, 2.45) is 0 Å².